The number of rotatable bonds is 3. The van der Waals surface area contributed by atoms with Crippen LogP contribution < -0.4 is 0 Å². The van der Waals surface area contributed by atoms with Crippen molar-refractivity contribution in [2.75, 3.05) is 6.54 Å². The van der Waals surface area contributed by atoms with Crippen molar-refractivity contribution in [1.29, 1.82) is 0 Å². The Kier molecular flexibility index (Phi) is 4.40. The molecule has 0 bridgehead atoms. The maximum absolute atomic E-state index is 12.8. The van der Waals surface area contributed by atoms with E-state index in [1.54, 1.807) is 13.2 Å². The van der Waals surface area contributed by atoms with E-state index in [2.05, 4.69) is 20.5 Å². The van der Waals surface area contributed by atoms with Crippen LogP contribution >= 0.6 is 0 Å². The molecule has 1 atom stereocenters. The third kappa shape index (κ3) is 3.25. The van der Waals surface area contributed by atoms with E-state index < -0.39 is 0 Å². The Hall–Kier alpha value is -2.25. The van der Waals surface area contributed by atoms with Gasteiger partial charge in [-0.15, -0.1) is 5.10 Å². The first-order chi connectivity index (χ1) is 11.1. The van der Waals surface area contributed by atoms with Gasteiger partial charge >= 0.3 is 0 Å². The fourth-order valence-electron chi connectivity index (χ4n) is 2.83. The van der Waals surface area contributed by atoms with Crippen LogP contribution in [0.5, 0.6) is 0 Å². The molecular formula is C15H22N6O2. The van der Waals surface area contributed by atoms with Gasteiger partial charge in [0.2, 0.25) is 5.89 Å². The summed E-state index contributed by atoms with van der Waals surface area (Å²) in [6.45, 7) is 4.69. The molecule has 8 heteroatoms. The highest BCUT2D eigenvalue weighted by Gasteiger charge is 2.32. The highest BCUT2D eigenvalue weighted by molar-refractivity contribution is 5.92. The van der Waals surface area contributed by atoms with Crippen LogP contribution in [0.1, 0.15) is 73.7 Å². The molecule has 0 aliphatic carbocycles. The number of carbonyl (C=O) groups excluding carboxylic acids is 1. The van der Waals surface area contributed by atoms with Gasteiger partial charge in [-0.3, -0.25) is 9.48 Å². The standard InChI is InChI=1S/C15H22N6O2/c1-10(2)14-16-13(18-23-14)12-7-5-4-6-8-21(12)15(22)11-9-20(3)19-17-11/h9-10,12H,4-8H2,1-3H3. The Morgan fingerprint density at radius 1 is 1.35 bits per heavy atom. The van der Waals surface area contributed by atoms with Gasteiger partial charge in [0.25, 0.3) is 5.91 Å². The van der Waals surface area contributed by atoms with Crippen molar-refractivity contribution >= 4 is 5.91 Å². The number of nitrogens with zero attached hydrogens (tertiary/aromatic N) is 6. The van der Waals surface area contributed by atoms with Gasteiger partial charge in [0.05, 0.1) is 12.2 Å². The zero-order chi connectivity index (χ0) is 16.4. The van der Waals surface area contributed by atoms with E-state index in [1.807, 2.05) is 18.7 Å². The van der Waals surface area contributed by atoms with Crippen LogP contribution in [-0.4, -0.2) is 42.5 Å². The molecule has 1 amide bonds. The molecule has 124 valence electrons. The smallest absolute Gasteiger partial charge is 0.276 e. The summed E-state index contributed by atoms with van der Waals surface area (Å²) >= 11 is 0. The summed E-state index contributed by atoms with van der Waals surface area (Å²) in [5, 5.41) is 11.9. The number of aromatic nitrogens is 5. The number of amides is 1. The first kappa shape index (κ1) is 15.6. The van der Waals surface area contributed by atoms with E-state index in [-0.39, 0.29) is 17.9 Å². The van der Waals surface area contributed by atoms with Gasteiger partial charge < -0.3 is 9.42 Å². The maximum atomic E-state index is 12.8. The zero-order valence-electron chi connectivity index (χ0n) is 13.8. The molecule has 0 spiro atoms. The van der Waals surface area contributed by atoms with Crippen molar-refractivity contribution in [2.24, 2.45) is 7.05 Å². The van der Waals surface area contributed by atoms with Crippen molar-refractivity contribution in [1.82, 2.24) is 30.0 Å². The van der Waals surface area contributed by atoms with Gasteiger partial charge in [-0.2, -0.15) is 4.98 Å². The summed E-state index contributed by atoms with van der Waals surface area (Å²) in [6.07, 6.45) is 5.58. The minimum atomic E-state index is -0.164. The fraction of sp³-hybridized carbons (Fsp3) is 0.667. The van der Waals surface area contributed by atoms with Gasteiger partial charge in [-0.05, 0) is 12.8 Å². The minimum absolute atomic E-state index is 0.124. The average Bonchev–Trinajstić information content (AvgIpc) is 3.10. The average molecular weight is 318 g/mol. The van der Waals surface area contributed by atoms with Gasteiger partial charge in [-0.25, -0.2) is 0 Å². The van der Waals surface area contributed by atoms with Crippen LogP contribution in [0.25, 0.3) is 0 Å². The topological polar surface area (TPSA) is 89.9 Å². The van der Waals surface area contributed by atoms with Crippen molar-refractivity contribution in [3.8, 4) is 0 Å². The largest absolute Gasteiger partial charge is 0.339 e. The Labute approximate surface area is 134 Å². The van der Waals surface area contributed by atoms with Crippen LogP contribution in [0.15, 0.2) is 10.7 Å². The number of hydrogen-bond donors (Lipinski definition) is 0. The predicted octanol–water partition coefficient (Wildman–Crippen LogP) is 2.08. The van der Waals surface area contributed by atoms with Gasteiger partial charge in [0.15, 0.2) is 11.5 Å². The number of likely N-dealkylation sites (tertiary alicyclic amines) is 1. The summed E-state index contributed by atoms with van der Waals surface area (Å²) in [4.78, 5) is 19.1. The molecule has 1 aliphatic rings. The van der Waals surface area contributed by atoms with Crippen LogP contribution in [0, 0.1) is 0 Å². The van der Waals surface area contributed by atoms with Crippen LogP contribution in [-0.2, 0) is 7.05 Å². The van der Waals surface area contributed by atoms with E-state index in [0.717, 1.165) is 25.7 Å². The monoisotopic (exact) mass is 318 g/mol. The predicted molar refractivity (Wildman–Crippen MR) is 81.6 cm³/mol. The lowest BCUT2D eigenvalue weighted by Gasteiger charge is -2.26. The number of aryl methyl sites for hydroxylation is 1. The molecule has 2 aromatic heterocycles. The molecule has 1 fully saturated rings. The summed E-state index contributed by atoms with van der Waals surface area (Å²) in [5.41, 5.74) is 0.354. The molecule has 2 aromatic rings. The first-order valence-electron chi connectivity index (χ1n) is 8.07. The van der Waals surface area contributed by atoms with Crippen LogP contribution in [0.2, 0.25) is 0 Å². The normalized spacial score (nSPS) is 19.1. The molecule has 1 saturated heterocycles. The quantitative estimate of drug-likeness (QED) is 0.860. The zero-order valence-corrected chi connectivity index (χ0v) is 13.8. The van der Waals surface area contributed by atoms with Gasteiger partial charge in [0, 0.05) is 19.5 Å². The second kappa shape index (κ2) is 6.47. The summed E-state index contributed by atoms with van der Waals surface area (Å²) in [7, 11) is 1.75. The highest BCUT2D eigenvalue weighted by Crippen LogP contribution is 2.30. The lowest BCUT2D eigenvalue weighted by molar-refractivity contribution is 0.0664. The fourth-order valence-corrected chi connectivity index (χ4v) is 2.83. The van der Waals surface area contributed by atoms with Crippen LogP contribution in [0.3, 0.4) is 0 Å². The molecular weight excluding hydrogens is 296 g/mol. The molecule has 8 nitrogen and oxygen atoms in total. The molecule has 1 aliphatic heterocycles. The lowest BCUT2D eigenvalue weighted by Crippen LogP contribution is -2.35. The second-order valence-electron chi connectivity index (χ2n) is 6.29. The summed E-state index contributed by atoms with van der Waals surface area (Å²) in [5.74, 6) is 1.25. The SMILES string of the molecule is CC(C)c1nc(C2CCCCCN2C(=O)c2cn(C)nn2)no1. The van der Waals surface area contributed by atoms with E-state index in [4.69, 9.17) is 4.52 Å². The summed E-state index contributed by atoms with van der Waals surface area (Å²) in [6, 6.07) is -0.164. The van der Waals surface area contributed by atoms with Crippen molar-refractivity contribution < 1.29 is 9.32 Å². The molecule has 0 aromatic carbocycles. The third-order valence-corrected chi connectivity index (χ3v) is 4.08. The Morgan fingerprint density at radius 2 is 2.17 bits per heavy atom. The van der Waals surface area contributed by atoms with Crippen molar-refractivity contribution in [2.45, 2.75) is 51.5 Å². The molecule has 3 rings (SSSR count). The van der Waals surface area contributed by atoms with E-state index in [1.165, 1.54) is 4.68 Å². The minimum Gasteiger partial charge on any atom is -0.339 e. The highest BCUT2D eigenvalue weighted by atomic mass is 16.5. The maximum Gasteiger partial charge on any atom is 0.276 e. The van der Waals surface area contributed by atoms with E-state index in [9.17, 15) is 4.79 Å². The summed E-state index contributed by atoms with van der Waals surface area (Å²) < 4.78 is 6.86. The molecule has 1 unspecified atom stereocenters. The molecule has 3 heterocycles. The Morgan fingerprint density at radius 3 is 2.83 bits per heavy atom. The van der Waals surface area contributed by atoms with Crippen molar-refractivity contribution in [3.63, 3.8) is 0 Å². The molecule has 23 heavy (non-hydrogen) atoms. The van der Waals surface area contributed by atoms with Gasteiger partial charge in [0.1, 0.15) is 0 Å². The Bertz CT molecular complexity index is 677. The molecule has 0 radical (unpaired) electrons. The van der Waals surface area contributed by atoms with Crippen LogP contribution in [0.4, 0.5) is 0 Å². The van der Waals surface area contributed by atoms with E-state index >= 15 is 0 Å². The lowest BCUT2D eigenvalue weighted by atomic mass is 10.1. The third-order valence-electron chi connectivity index (χ3n) is 4.08. The number of hydrogen-bond acceptors (Lipinski definition) is 6. The van der Waals surface area contributed by atoms with Crippen molar-refractivity contribution in [3.05, 3.63) is 23.6 Å². The first-order valence-corrected chi connectivity index (χ1v) is 8.07. The van der Waals surface area contributed by atoms with E-state index in [0.29, 0.717) is 24.0 Å². The second-order valence-corrected chi connectivity index (χ2v) is 6.29. The van der Waals surface area contributed by atoms with Gasteiger partial charge in [-0.1, -0.05) is 37.1 Å². The Balaban J connectivity index is 1.89. The molecule has 0 saturated carbocycles. The number of carbonyl (C=O) groups is 1. The molecule has 0 N–H and O–H groups in total.